The van der Waals surface area contributed by atoms with Crippen molar-refractivity contribution in [3.8, 4) is 0 Å². The monoisotopic (exact) mass is 503 g/mol. The lowest BCUT2D eigenvalue weighted by molar-refractivity contribution is 0.0987. The largest absolute Gasteiger partial charge is 0.308 e. The molecule has 1 unspecified atom stereocenters. The molecule has 2 heterocycles. The molecule has 1 N–H and O–H groups in total. The molecule has 0 aromatic heterocycles. The van der Waals surface area contributed by atoms with Crippen molar-refractivity contribution in [2.24, 2.45) is 0 Å². The van der Waals surface area contributed by atoms with Gasteiger partial charge in [0.25, 0.3) is 0 Å². The van der Waals surface area contributed by atoms with Crippen LogP contribution < -0.4 is 5.32 Å². The summed E-state index contributed by atoms with van der Waals surface area (Å²) < 4.78 is 27.8. The average molecular weight is 504 g/mol. The third-order valence-corrected chi connectivity index (χ3v) is 8.96. The van der Waals surface area contributed by atoms with Crippen LogP contribution in [0.1, 0.15) is 60.5 Å². The Labute approximate surface area is 208 Å². The summed E-state index contributed by atoms with van der Waals surface area (Å²) in [7, 11) is -3.58. The van der Waals surface area contributed by atoms with Crippen molar-refractivity contribution in [2.75, 3.05) is 39.3 Å². The van der Waals surface area contributed by atoms with E-state index in [0.717, 1.165) is 38.8 Å². The van der Waals surface area contributed by atoms with Crippen LogP contribution in [0.25, 0.3) is 0 Å². The molecule has 2 fully saturated rings. The van der Waals surface area contributed by atoms with Crippen molar-refractivity contribution in [3.63, 3.8) is 0 Å². The summed E-state index contributed by atoms with van der Waals surface area (Å²) in [4.78, 5) is 15.6. The first-order chi connectivity index (χ1) is 16.4. The summed E-state index contributed by atoms with van der Waals surface area (Å²) in [5.41, 5.74) is 1.60. The molecule has 2 saturated heterocycles. The van der Waals surface area contributed by atoms with Crippen LogP contribution in [0.3, 0.4) is 0 Å². The van der Waals surface area contributed by atoms with Gasteiger partial charge in [-0.2, -0.15) is 4.31 Å². The second kappa shape index (κ2) is 11.8. The van der Waals surface area contributed by atoms with E-state index in [9.17, 15) is 13.2 Å². The van der Waals surface area contributed by atoms with Gasteiger partial charge in [0.1, 0.15) is 0 Å². The van der Waals surface area contributed by atoms with Crippen LogP contribution >= 0.6 is 11.6 Å². The second-order valence-electron chi connectivity index (χ2n) is 9.21. The molecular formula is C26H34ClN3O3S. The molecule has 2 aromatic carbocycles. The number of nitrogens with one attached hydrogen (secondary N) is 1. The van der Waals surface area contributed by atoms with Crippen molar-refractivity contribution >= 4 is 27.4 Å². The van der Waals surface area contributed by atoms with E-state index in [2.05, 4.69) is 10.2 Å². The van der Waals surface area contributed by atoms with Gasteiger partial charge in [-0.1, -0.05) is 48.7 Å². The molecule has 184 valence electrons. The van der Waals surface area contributed by atoms with E-state index < -0.39 is 10.0 Å². The minimum atomic E-state index is -3.58. The Kier molecular flexibility index (Phi) is 8.77. The van der Waals surface area contributed by atoms with Gasteiger partial charge in [-0.15, -0.1) is 0 Å². The standard InChI is InChI=1S/C26H34ClN3O3S/c27-23-12-10-21(11-13-23)25(29-14-5-6-15-29)19-28-20-26(31)22-8-7-9-24(18-22)34(32,33)30-16-3-1-2-4-17-30/h7-13,18,25,28H,1-6,14-17,19-20H2. The molecule has 8 heteroatoms. The van der Waals surface area contributed by atoms with Gasteiger partial charge in [0.15, 0.2) is 5.78 Å². The first-order valence-electron chi connectivity index (χ1n) is 12.3. The fourth-order valence-electron chi connectivity index (χ4n) is 4.88. The number of carbonyl (C=O) groups excluding carboxylic acids is 1. The number of carbonyl (C=O) groups is 1. The SMILES string of the molecule is O=C(CNCC(c1ccc(Cl)cc1)N1CCCC1)c1cccc(S(=O)(=O)N2CCCCCC2)c1. The van der Waals surface area contributed by atoms with E-state index in [0.29, 0.717) is 30.2 Å². The first kappa shape index (κ1) is 25.3. The van der Waals surface area contributed by atoms with Crippen LogP contribution in [-0.4, -0.2) is 62.7 Å². The van der Waals surface area contributed by atoms with E-state index in [1.54, 1.807) is 22.5 Å². The highest BCUT2D eigenvalue weighted by Crippen LogP contribution is 2.26. The fraction of sp³-hybridized carbons (Fsp3) is 0.500. The maximum atomic E-state index is 13.1. The Morgan fingerprint density at radius 1 is 0.912 bits per heavy atom. The molecule has 0 amide bonds. The lowest BCUT2D eigenvalue weighted by atomic mass is 10.1. The van der Waals surface area contributed by atoms with Crippen molar-refractivity contribution in [1.29, 1.82) is 0 Å². The number of halogens is 1. The summed E-state index contributed by atoms with van der Waals surface area (Å²) in [6.45, 7) is 3.97. The lowest BCUT2D eigenvalue weighted by Gasteiger charge is -2.28. The fourth-order valence-corrected chi connectivity index (χ4v) is 6.57. The molecule has 2 aliphatic rings. The zero-order valence-corrected chi connectivity index (χ0v) is 21.2. The highest BCUT2D eigenvalue weighted by molar-refractivity contribution is 7.89. The normalized spacial score (nSPS) is 19.1. The van der Waals surface area contributed by atoms with Crippen molar-refractivity contribution in [3.05, 3.63) is 64.7 Å². The quantitative estimate of drug-likeness (QED) is 0.510. The van der Waals surface area contributed by atoms with Gasteiger partial charge in [-0.05, 0) is 68.6 Å². The van der Waals surface area contributed by atoms with Crippen LogP contribution in [0.2, 0.25) is 5.02 Å². The molecule has 2 aromatic rings. The number of sulfonamides is 1. The van der Waals surface area contributed by atoms with E-state index in [1.807, 2.05) is 24.3 Å². The molecule has 6 nitrogen and oxygen atoms in total. The number of nitrogens with zero attached hydrogens (tertiary/aromatic N) is 2. The Bertz CT molecular complexity index is 1060. The van der Waals surface area contributed by atoms with E-state index in [4.69, 9.17) is 11.6 Å². The molecule has 1 atom stereocenters. The zero-order valence-electron chi connectivity index (χ0n) is 19.6. The predicted octanol–water partition coefficient (Wildman–Crippen LogP) is 4.51. The summed E-state index contributed by atoms with van der Waals surface area (Å²) in [5, 5.41) is 4.03. The van der Waals surface area contributed by atoms with Crippen molar-refractivity contribution in [1.82, 2.24) is 14.5 Å². The summed E-state index contributed by atoms with van der Waals surface area (Å²) in [6, 6.07) is 14.6. The van der Waals surface area contributed by atoms with Gasteiger partial charge < -0.3 is 5.32 Å². The Morgan fingerprint density at radius 2 is 1.56 bits per heavy atom. The number of hydrogen-bond acceptors (Lipinski definition) is 5. The van der Waals surface area contributed by atoms with Gasteiger partial charge >= 0.3 is 0 Å². The topological polar surface area (TPSA) is 69.7 Å². The molecule has 34 heavy (non-hydrogen) atoms. The minimum Gasteiger partial charge on any atom is -0.308 e. The van der Waals surface area contributed by atoms with E-state index in [-0.39, 0.29) is 23.3 Å². The van der Waals surface area contributed by atoms with Gasteiger partial charge in [-0.3, -0.25) is 9.69 Å². The maximum absolute atomic E-state index is 13.1. The second-order valence-corrected chi connectivity index (χ2v) is 11.6. The zero-order chi connectivity index (χ0) is 24.0. The first-order valence-corrected chi connectivity index (χ1v) is 14.1. The van der Waals surface area contributed by atoms with Crippen LogP contribution in [0.5, 0.6) is 0 Å². The van der Waals surface area contributed by atoms with Gasteiger partial charge in [0.2, 0.25) is 10.0 Å². The highest BCUT2D eigenvalue weighted by atomic mass is 35.5. The number of likely N-dealkylation sites (tertiary alicyclic amines) is 1. The molecule has 0 saturated carbocycles. The minimum absolute atomic E-state index is 0.107. The Balaban J connectivity index is 1.40. The van der Waals surface area contributed by atoms with E-state index in [1.165, 1.54) is 24.5 Å². The smallest absolute Gasteiger partial charge is 0.243 e. The molecule has 0 spiro atoms. The third-order valence-electron chi connectivity index (χ3n) is 6.82. The average Bonchev–Trinajstić information content (AvgIpc) is 3.23. The van der Waals surface area contributed by atoms with Gasteiger partial charge in [-0.25, -0.2) is 8.42 Å². The third kappa shape index (κ3) is 6.26. The van der Waals surface area contributed by atoms with E-state index >= 15 is 0 Å². The molecule has 2 aliphatic heterocycles. The summed E-state index contributed by atoms with van der Waals surface area (Å²) >= 11 is 6.07. The van der Waals surface area contributed by atoms with Crippen LogP contribution in [0.15, 0.2) is 53.4 Å². The predicted molar refractivity (Wildman–Crippen MR) is 136 cm³/mol. The number of ketones is 1. The maximum Gasteiger partial charge on any atom is 0.243 e. The molecule has 0 radical (unpaired) electrons. The number of hydrogen-bond donors (Lipinski definition) is 1. The van der Waals surface area contributed by atoms with Crippen LogP contribution in [0.4, 0.5) is 0 Å². The molecule has 0 aliphatic carbocycles. The van der Waals surface area contributed by atoms with Gasteiger partial charge in [0.05, 0.1) is 11.4 Å². The Hall–Kier alpha value is -1.77. The molecular weight excluding hydrogens is 470 g/mol. The summed E-state index contributed by atoms with van der Waals surface area (Å²) in [5.74, 6) is -0.107. The van der Waals surface area contributed by atoms with Gasteiger partial charge in [0, 0.05) is 36.3 Å². The van der Waals surface area contributed by atoms with Crippen molar-refractivity contribution < 1.29 is 13.2 Å². The van der Waals surface area contributed by atoms with Crippen LogP contribution in [-0.2, 0) is 10.0 Å². The highest BCUT2D eigenvalue weighted by Gasteiger charge is 2.26. The molecule has 0 bridgehead atoms. The number of rotatable bonds is 9. The number of Topliss-reactive ketones (excluding diaryl/α,β-unsaturated/α-hetero) is 1. The van der Waals surface area contributed by atoms with Crippen molar-refractivity contribution in [2.45, 2.75) is 49.5 Å². The lowest BCUT2D eigenvalue weighted by Crippen LogP contribution is -2.36. The Morgan fingerprint density at radius 3 is 2.24 bits per heavy atom. The van der Waals surface area contributed by atoms with Crippen LogP contribution in [0, 0.1) is 0 Å². The molecule has 4 rings (SSSR count). The summed E-state index contributed by atoms with van der Waals surface area (Å²) in [6.07, 6.45) is 6.25. The number of benzene rings is 2.